The Hall–Kier alpha value is -0.640. The van der Waals surface area contributed by atoms with Crippen molar-refractivity contribution in [3.8, 4) is 0 Å². The quantitative estimate of drug-likeness (QED) is 0.280. The number of hydrogen-bond donors (Lipinski definition) is 0. The fourth-order valence-corrected chi connectivity index (χ4v) is 6.54. The Bertz CT molecular complexity index is 736. The molecule has 5 fully saturated rings. The first-order valence-corrected chi connectivity index (χ1v) is 13.1. The van der Waals surface area contributed by atoms with Crippen molar-refractivity contribution < 1.29 is 33.6 Å². The zero-order valence-electron chi connectivity index (χ0n) is 19.6. The second-order valence-corrected chi connectivity index (χ2v) is 10.8. The van der Waals surface area contributed by atoms with Crippen LogP contribution in [0.4, 0.5) is 0 Å². The Labute approximate surface area is 205 Å². The lowest BCUT2D eigenvalue weighted by Gasteiger charge is -2.59. The molecule has 8 unspecified atom stereocenters. The third-order valence-corrected chi connectivity index (χ3v) is 8.29. The van der Waals surface area contributed by atoms with Gasteiger partial charge in [0.15, 0.2) is 11.9 Å². The number of esters is 1. The summed E-state index contributed by atoms with van der Waals surface area (Å²) in [7, 11) is 0. The molecular weight excluding hydrogens is 473 g/mol. The number of fused-ring (bicyclic) bond motifs is 2. The van der Waals surface area contributed by atoms with Gasteiger partial charge in [-0.25, -0.2) is 9.78 Å². The molecule has 8 atom stereocenters. The summed E-state index contributed by atoms with van der Waals surface area (Å²) >= 11 is 11.5. The van der Waals surface area contributed by atoms with E-state index in [0.717, 1.165) is 25.7 Å². The average molecular weight is 508 g/mol. The molecule has 0 aromatic rings. The van der Waals surface area contributed by atoms with Gasteiger partial charge in [0, 0.05) is 49.5 Å². The van der Waals surface area contributed by atoms with Crippen LogP contribution >= 0.6 is 23.2 Å². The average Bonchev–Trinajstić information content (AvgIpc) is 3.01. The smallest absolute Gasteiger partial charge is 0.308 e. The molecule has 8 nitrogen and oxygen atoms in total. The Kier molecular flexibility index (Phi) is 7.83. The van der Waals surface area contributed by atoms with Crippen molar-refractivity contribution in [3.63, 3.8) is 0 Å². The van der Waals surface area contributed by atoms with Gasteiger partial charge < -0.3 is 19.1 Å². The molecular formula is C23H35Cl2NO7. The van der Waals surface area contributed by atoms with E-state index in [0.29, 0.717) is 30.8 Å². The predicted molar refractivity (Wildman–Crippen MR) is 120 cm³/mol. The molecule has 0 radical (unpaired) electrons. The lowest BCUT2D eigenvalue weighted by molar-refractivity contribution is -0.576. The lowest BCUT2D eigenvalue weighted by Crippen LogP contribution is -2.70. The first kappa shape index (κ1) is 25.5. The van der Waals surface area contributed by atoms with E-state index >= 15 is 0 Å². The Balaban J connectivity index is 1.42. The maximum atomic E-state index is 12.7. The van der Waals surface area contributed by atoms with Gasteiger partial charge in [0.2, 0.25) is 18.0 Å². The minimum absolute atomic E-state index is 0.0369. The molecule has 4 aliphatic heterocycles. The maximum absolute atomic E-state index is 12.7. The molecule has 5 rings (SSSR count). The lowest BCUT2D eigenvalue weighted by atomic mass is 9.58. The predicted octanol–water partition coefficient (Wildman–Crippen LogP) is 3.82. The Morgan fingerprint density at radius 3 is 2.45 bits per heavy atom. The van der Waals surface area contributed by atoms with Crippen molar-refractivity contribution in [1.29, 1.82) is 0 Å². The first-order valence-electron chi connectivity index (χ1n) is 12.0. The molecule has 4 saturated heterocycles. The Morgan fingerprint density at radius 1 is 1.03 bits per heavy atom. The van der Waals surface area contributed by atoms with Crippen LogP contribution in [0.2, 0.25) is 0 Å². The topological polar surface area (TPSA) is 83.5 Å². The highest BCUT2D eigenvalue weighted by Gasteiger charge is 2.69. The molecule has 10 heteroatoms. The molecule has 1 amide bonds. The molecule has 1 aliphatic carbocycles. The van der Waals surface area contributed by atoms with E-state index in [4.69, 9.17) is 47.2 Å². The van der Waals surface area contributed by atoms with Crippen LogP contribution in [-0.2, 0) is 33.6 Å². The molecule has 33 heavy (non-hydrogen) atoms. The zero-order valence-corrected chi connectivity index (χ0v) is 21.1. The minimum Gasteiger partial charge on any atom is -0.435 e. The van der Waals surface area contributed by atoms with Crippen LogP contribution in [0.5, 0.6) is 0 Å². The van der Waals surface area contributed by atoms with Crippen LogP contribution in [0.3, 0.4) is 0 Å². The number of hydrogen-bond acceptors (Lipinski definition) is 7. The van der Waals surface area contributed by atoms with Crippen molar-refractivity contribution >= 4 is 35.1 Å². The summed E-state index contributed by atoms with van der Waals surface area (Å²) in [4.78, 5) is 38.5. The monoisotopic (exact) mass is 507 g/mol. The molecule has 0 aromatic carbocycles. The van der Waals surface area contributed by atoms with Gasteiger partial charge in [-0.1, -0.05) is 13.8 Å². The summed E-state index contributed by atoms with van der Waals surface area (Å²) in [6.45, 7) is 6.93. The third-order valence-electron chi connectivity index (χ3n) is 7.95. The number of amides is 1. The van der Waals surface area contributed by atoms with Gasteiger partial charge in [-0.15, -0.1) is 23.2 Å². The maximum Gasteiger partial charge on any atom is 0.308 e. The zero-order chi connectivity index (χ0) is 23.8. The number of nitrogens with zero attached hydrogens (tertiary/aromatic N) is 1. The second kappa shape index (κ2) is 10.2. The van der Waals surface area contributed by atoms with Crippen LogP contribution in [0.25, 0.3) is 0 Å². The fourth-order valence-electron chi connectivity index (χ4n) is 6.13. The van der Waals surface area contributed by atoms with Gasteiger partial charge in [0.05, 0.1) is 6.42 Å². The van der Waals surface area contributed by atoms with E-state index in [1.54, 1.807) is 4.90 Å². The highest BCUT2D eigenvalue weighted by Crippen LogP contribution is 2.60. The summed E-state index contributed by atoms with van der Waals surface area (Å²) in [5, 5.41) is 0. The van der Waals surface area contributed by atoms with Gasteiger partial charge in [0.1, 0.15) is 0 Å². The van der Waals surface area contributed by atoms with Crippen LogP contribution in [0.15, 0.2) is 0 Å². The number of alkyl halides is 2. The van der Waals surface area contributed by atoms with Crippen molar-refractivity contribution in [2.45, 2.75) is 83.3 Å². The largest absolute Gasteiger partial charge is 0.435 e. The van der Waals surface area contributed by atoms with Crippen molar-refractivity contribution in [3.05, 3.63) is 0 Å². The van der Waals surface area contributed by atoms with E-state index in [1.807, 2.05) is 13.8 Å². The number of halogens is 2. The van der Waals surface area contributed by atoms with Gasteiger partial charge in [-0.05, 0) is 38.0 Å². The highest BCUT2D eigenvalue weighted by atomic mass is 35.5. The van der Waals surface area contributed by atoms with E-state index in [-0.39, 0.29) is 36.5 Å². The van der Waals surface area contributed by atoms with Crippen LogP contribution < -0.4 is 0 Å². The van der Waals surface area contributed by atoms with E-state index in [9.17, 15) is 9.59 Å². The SMILES string of the molecule is CC1CCC2C(C)C(OC(=O)CCC(=O)N(CCCl)CCCl)OC3OC4(C)CCC1C32OO4. The molecule has 0 N–H and O–H groups in total. The van der Waals surface area contributed by atoms with Crippen molar-refractivity contribution in [2.75, 3.05) is 24.8 Å². The molecule has 4 heterocycles. The minimum atomic E-state index is -0.882. The normalized spacial score (nSPS) is 41.7. The van der Waals surface area contributed by atoms with Crippen molar-refractivity contribution in [1.82, 2.24) is 4.90 Å². The Morgan fingerprint density at radius 2 is 1.76 bits per heavy atom. The van der Waals surface area contributed by atoms with Gasteiger partial charge in [0.25, 0.3) is 0 Å². The fraction of sp³-hybridized carbons (Fsp3) is 0.913. The number of rotatable bonds is 8. The summed E-state index contributed by atoms with van der Waals surface area (Å²) < 4.78 is 18.3. The second-order valence-electron chi connectivity index (χ2n) is 10.0. The van der Waals surface area contributed by atoms with E-state index < -0.39 is 29.9 Å². The molecule has 1 spiro atoms. The van der Waals surface area contributed by atoms with Crippen molar-refractivity contribution in [2.24, 2.45) is 23.7 Å². The standard InChI is InChI=1S/C23H35Cl2NO7/c1-14-4-5-17-15(2)20(29-19(28)7-6-18(27)26(12-10-24)13-11-25)30-21-23(17)16(14)8-9-22(3,31-21)32-33-23/h14-17,20-21H,4-13H2,1-3H3. The number of carbonyl (C=O) groups is 2. The molecule has 188 valence electrons. The number of carbonyl (C=O) groups excluding carboxylic acids is 2. The van der Waals surface area contributed by atoms with Crippen LogP contribution in [-0.4, -0.2) is 65.6 Å². The van der Waals surface area contributed by atoms with Crippen LogP contribution in [0, 0.1) is 23.7 Å². The van der Waals surface area contributed by atoms with Gasteiger partial charge >= 0.3 is 5.97 Å². The summed E-state index contributed by atoms with van der Waals surface area (Å²) in [6, 6.07) is 0. The van der Waals surface area contributed by atoms with Crippen LogP contribution in [0.1, 0.15) is 59.3 Å². The number of ether oxygens (including phenoxy) is 3. The third kappa shape index (κ3) is 4.76. The van der Waals surface area contributed by atoms with Gasteiger partial charge in [-0.3, -0.25) is 9.59 Å². The molecule has 0 aromatic heterocycles. The molecule has 1 saturated carbocycles. The first-order chi connectivity index (χ1) is 15.7. The summed E-state index contributed by atoms with van der Waals surface area (Å²) in [6.07, 6.45) is 2.21. The molecule has 5 aliphatic rings. The molecule has 2 bridgehead atoms. The van der Waals surface area contributed by atoms with E-state index in [1.165, 1.54) is 0 Å². The van der Waals surface area contributed by atoms with Gasteiger partial charge in [-0.2, -0.15) is 0 Å². The van der Waals surface area contributed by atoms with E-state index in [2.05, 4.69) is 6.92 Å². The summed E-state index contributed by atoms with van der Waals surface area (Å²) in [5.74, 6) is -0.221. The summed E-state index contributed by atoms with van der Waals surface area (Å²) in [5.41, 5.74) is -0.699. The highest BCUT2D eigenvalue weighted by molar-refractivity contribution is 6.18.